The van der Waals surface area contributed by atoms with E-state index in [1.807, 2.05) is 4.90 Å². The Kier molecular flexibility index (Phi) is 6.01. The predicted molar refractivity (Wildman–Crippen MR) is 111 cm³/mol. The monoisotopic (exact) mass is 450 g/mol. The number of rotatable bonds is 6. The van der Waals surface area contributed by atoms with Crippen molar-refractivity contribution in [2.24, 2.45) is 11.7 Å². The number of nitrogens with one attached hydrogen (secondary N) is 1. The summed E-state index contributed by atoms with van der Waals surface area (Å²) in [5.74, 6) is -0.909. The summed E-state index contributed by atoms with van der Waals surface area (Å²) in [5.41, 5.74) is 4.25. The Balaban J connectivity index is 0.000000567. The lowest BCUT2D eigenvalue weighted by Crippen LogP contribution is -2.54. The van der Waals surface area contributed by atoms with Crippen molar-refractivity contribution in [1.29, 1.82) is 0 Å². The van der Waals surface area contributed by atoms with Crippen molar-refractivity contribution in [2.75, 3.05) is 46.5 Å². The topological polar surface area (TPSA) is 165 Å². The highest BCUT2D eigenvalue weighted by Crippen LogP contribution is 2.55. The third-order valence-corrected chi connectivity index (χ3v) is 7.02. The zero-order valence-electron chi connectivity index (χ0n) is 18.3. The molecule has 0 saturated carbocycles. The predicted octanol–water partition coefficient (Wildman–Crippen LogP) is -0.977. The maximum absolute atomic E-state index is 13.3. The number of hydrogen-bond acceptors (Lipinski definition) is 9. The van der Waals surface area contributed by atoms with Crippen LogP contribution in [0.2, 0.25) is 0 Å². The van der Waals surface area contributed by atoms with Gasteiger partial charge in [-0.2, -0.15) is 0 Å². The molecule has 176 valence electrons. The minimum Gasteiger partial charge on any atom is -0.488 e. The van der Waals surface area contributed by atoms with E-state index in [4.69, 9.17) is 19.4 Å². The molecule has 1 aliphatic carbocycles. The molecule has 0 bridgehead atoms. The van der Waals surface area contributed by atoms with E-state index in [-0.39, 0.29) is 36.0 Å². The lowest BCUT2D eigenvalue weighted by Gasteiger charge is -2.39. The molecule has 11 nitrogen and oxygen atoms in total. The molecule has 4 atom stereocenters. The number of piperazine rings is 1. The van der Waals surface area contributed by atoms with Gasteiger partial charge >= 0.3 is 6.09 Å². The Bertz CT molecular complexity index is 891. The first-order chi connectivity index (χ1) is 15.3. The fraction of sp³-hybridized carbons (Fsp3) is 0.667. The molecule has 0 aromatic carbocycles. The second-order valence-corrected chi connectivity index (χ2v) is 8.66. The molecule has 4 unspecified atom stereocenters. The largest absolute Gasteiger partial charge is 0.488 e. The standard InChI is InChI=1S/C20H27N3O5.CH3NO2/c1-11-16(25)15-14(17(26)18(11)28-8-7-22-5-3-4-6-22)12(10-24)20(27-2)19-13(21-19)9-23(15)20;2-1(3)4/h12-13,19,21,24H,3-10H2,1-2H3;2H2,(H,3,4). The number of fused-ring (bicyclic) bond motifs is 4. The molecule has 3 fully saturated rings. The van der Waals surface area contributed by atoms with E-state index in [0.29, 0.717) is 30.0 Å². The molecule has 0 radical (unpaired) electrons. The number of nitrogens with two attached hydrogens (primary N) is 1. The van der Waals surface area contributed by atoms with E-state index >= 15 is 0 Å². The third kappa shape index (κ3) is 3.40. The van der Waals surface area contributed by atoms with Crippen LogP contribution in [-0.2, 0) is 19.1 Å². The van der Waals surface area contributed by atoms with Crippen molar-refractivity contribution >= 4 is 17.7 Å². The number of allylic oxidation sites excluding steroid dienone is 2. The van der Waals surface area contributed by atoms with Gasteiger partial charge in [-0.25, -0.2) is 4.79 Å². The Morgan fingerprint density at radius 1 is 1.28 bits per heavy atom. The Labute approximate surface area is 185 Å². The number of Topliss-reactive ketones (excluding diaryl/α,β-unsaturated/α-hetero) is 2. The number of aliphatic hydroxyl groups is 1. The number of nitrogens with zero attached hydrogens (tertiary/aromatic N) is 2. The molecule has 3 saturated heterocycles. The highest BCUT2D eigenvalue weighted by Gasteiger charge is 2.72. The summed E-state index contributed by atoms with van der Waals surface area (Å²) < 4.78 is 11.7. The van der Waals surface area contributed by atoms with Crippen LogP contribution in [0.3, 0.4) is 0 Å². The van der Waals surface area contributed by atoms with E-state index < -0.39 is 17.7 Å². The first-order valence-corrected chi connectivity index (χ1v) is 10.9. The van der Waals surface area contributed by atoms with Crippen LogP contribution in [0.15, 0.2) is 22.6 Å². The molecule has 0 spiro atoms. The van der Waals surface area contributed by atoms with Gasteiger partial charge in [-0.3, -0.25) is 14.5 Å². The number of ketones is 2. The summed E-state index contributed by atoms with van der Waals surface area (Å²) in [6.07, 6.45) is 1.05. The Morgan fingerprint density at radius 2 is 1.94 bits per heavy atom. The molecule has 5 N–H and O–H groups in total. The second kappa shape index (κ2) is 8.47. The summed E-state index contributed by atoms with van der Waals surface area (Å²) >= 11 is 0. The summed E-state index contributed by atoms with van der Waals surface area (Å²) in [6.45, 7) is 5.23. The van der Waals surface area contributed by atoms with Crippen LogP contribution >= 0.6 is 0 Å². The first-order valence-electron chi connectivity index (χ1n) is 10.9. The van der Waals surface area contributed by atoms with Crippen LogP contribution in [0, 0.1) is 5.92 Å². The van der Waals surface area contributed by atoms with Gasteiger partial charge in [0.15, 0.2) is 11.5 Å². The van der Waals surface area contributed by atoms with E-state index in [1.165, 1.54) is 12.8 Å². The lowest BCUT2D eigenvalue weighted by molar-refractivity contribution is -0.137. The highest BCUT2D eigenvalue weighted by atomic mass is 16.5. The van der Waals surface area contributed by atoms with Crippen molar-refractivity contribution in [3.05, 3.63) is 22.6 Å². The van der Waals surface area contributed by atoms with Crippen molar-refractivity contribution in [1.82, 2.24) is 15.1 Å². The van der Waals surface area contributed by atoms with Crippen molar-refractivity contribution in [2.45, 2.75) is 37.6 Å². The fourth-order valence-electron chi connectivity index (χ4n) is 5.58. The highest BCUT2D eigenvalue weighted by molar-refractivity contribution is 6.25. The van der Waals surface area contributed by atoms with Gasteiger partial charge < -0.3 is 35.6 Å². The van der Waals surface area contributed by atoms with Crippen LogP contribution in [-0.4, -0.2) is 102 Å². The van der Waals surface area contributed by atoms with E-state index in [1.54, 1.807) is 14.0 Å². The molecular weight excluding hydrogens is 420 g/mol. The number of carbonyl (C=O) groups is 3. The van der Waals surface area contributed by atoms with Gasteiger partial charge in [0.1, 0.15) is 6.61 Å². The number of primary amides is 1. The molecule has 5 rings (SSSR count). The van der Waals surface area contributed by atoms with Crippen molar-refractivity contribution in [3.8, 4) is 0 Å². The van der Waals surface area contributed by atoms with Gasteiger partial charge in [-0.05, 0) is 32.9 Å². The SMILES string of the molecule is COC12C(CO)C3=C(C(=O)C(C)=C(OCCN4CCCC4)C3=O)N1CC1NC12.NC(=O)O. The second-order valence-electron chi connectivity index (χ2n) is 8.66. The Morgan fingerprint density at radius 3 is 2.53 bits per heavy atom. The fourth-order valence-corrected chi connectivity index (χ4v) is 5.58. The number of carboxylic acid groups (broad SMARTS) is 1. The van der Waals surface area contributed by atoms with Gasteiger partial charge in [-0.1, -0.05) is 0 Å². The molecule has 0 aromatic heterocycles. The van der Waals surface area contributed by atoms with Crippen LogP contribution in [0.25, 0.3) is 0 Å². The van der Waals surface area contributed by atoms with E-state index in [9.17, 15) is 14.7 Å². The number of methoxy groups -OCH3 is 1. The zero-order valence-corrected chi connectivity index (χ0v) is 18.3. The number of carbonyl (C=O) groups excluding carboxylic acids is 2. The number of hydrogen-bond donors (Lipinski definition) is 4. The normalized spacial score (nSPS) is 33.1. The summed E-state index contributed by atoms with van der Waals surface area (Å²) in [5, 5.41) is 20.7. The number of likely N-dealkylation sites (tertiary alicyclic amines) is 1. The minimum atomic E-state index is -1.33. The molecule has 1 amide bonds. The van der Waals surface area contributed by atoms with Gasteiger partial charge in [-0.15, -0.1) is 0 Å². The van der Waals surface area contributed by atoms with Gasteiger partial charge in [0.25, 0.3) is 0 Å². The number of aliphatic hydroxyl groups excluding tert-OH is 1. The molecule has 0 aromatic rings. The summed E-state index contributed by atoms with van der Waals surface area (Å²) in [7, 11) is 1.58. The Hall–Kier alpha value is -2.47. The van der Waals surface area contributed by atoms with Gasteiger partial charge in [0.2, 0.25) is 11.6 Å². The first kappa shape index (κ1) is 22.7. The van der Waals surface area contributed by atoms with Gasteiger partial charge in [0, 0.05) is 37.4 Å². The molecule has 32 heavy (non-hydrogen) atoms. The van der Waals surface area contributed by atoms with Crippen LogP contribution in [0.5, 0.6) is 0 Å². The zero-order chi connectivity index (χ0) is 23.2. The van der Waals surface area contributed by atoms with Crippen LogP contribution in [0.4, 0.5) is 4.79 Å². The molecule has 4 heterocycles. The third-order valence-electron chi connectivity index (χ3n) is 7.02. The maximum Gasteiger partial charge on any atom is 0.402 e. The number of ether oxygens (including phenoxy) is 2. The van der Waals surface area contributed by atoms with Gasteiger partial charge in [0.05, 0.1) is 24.3 Å². The van der Waals surface area contributed by atoms with E-state index in [2.05, 4.69) is 16.0 Å². The van der Waals surface area contributed by atoms with E-state index in [0.717, 1.165) is 19.6 Å². The lowest BCUT2D eigenvalue weighted by atomic mass is 9.83. The quantitative estimate of drug-likeness (QED) is 0.292. The average molecular weight is 450 g/mol. The maximum atomic E-state index is 13.3. The smallest absolute Gasteiger partial charge is 0.402 e. The summed E-state index contributed by atoms with van der Waals surface area (Å²) in [6, 6.07) is 0.244. The van der Waals surface area contributed by atoms with Crippen LogP contribution < -0.4 is 11.1 Å². The minimum absolute atomic E-state index is 0.0145. The molecule has 4 aliphatic heterocycles. The van der Waals surface area contributed by atoms with Crippen molar-refractivity contribution < 1.29 is 34.1 Å². The van der Waals surface area contributed by atoms with Crippen molar-refractivity contribution in [3.63, 3.8) is 0 Å². The molecular formula is C21H30N4O7. The molecule has 11 heteroatoms. The van der Waals surface area contributed by atoms with Crippen LogP contribution in [0.1, 0.15) is 19.8 Å². The average Bonchev–Trinajstić information content (AvgIpc) is 3.11. The number of amides is 1. The molecule has 5 aliphatic rings. The summed E-state index contributed by atoms with van der Waals surface area (Å²) in [4.78, 5) is 39.5.